The summed E-state index contributed by atoms with van der Waals surface area (Å²) < 4.78 is 0. The van der Waals surface area contributed by atoms with E-state index in [9.17, 15) is 0 Å². The largest absolute Gasteiger partial charge is 0.328 e. The van der Waals surface area contributed by atoms with Crippen LogP contribution in [0.4, 0.5) is 0 Å². The van der Waals surface area contributed by atoms with Crippen molar-refractivity contribution in [3.8, 4) is 0 Å². The minimum Gasteiger partial charge on any atom is -0.328 e. The molecule has 1 aromatic rings. The minimum atomic E-state index is 0.277. The van der Waals surface area contributed by atoms with Crippen LogP contribution in [0.5, 0.6) is 0 Å². The molecule has 0 spiro atoms. The molecule has 1 aliphatic rings. The lowest BCUT2D eigenvalue weighted by molar-refractivity contribution is 0.177. The van der Waals surface area contributed by atoms with Gasteiger partial charge in [0.15, 0.2) is 0 Å². The molecule has 1 aromatic heterocycles. The Bertz CT molecular complexity index is 397. The van der Waals surface area contributed by atoms with Crippen molar-refractivity contribution in [3.05, 3.63) is 21.9 Å². The van der Waals surface area contributed by atoms with Gasteiger partial charge in [-0.2, -0.15) is 0 Å². The summed E-state index contributed by atoms with van der Waals surface area (Å²) in [6.45, 7) is 7.94. The lowest BCUT2D eigenvalue weighted by atomic mass is 9.91. The molecule has 0 bridgehead atoms. The van der Waals surface area contributed by atoms with E-state index < -0.39 is 0 Å². The van der Waals surface area contributed by atoms with Crippen molar-refractivity contribution in [1.82, 2.24) is 4.90 Å². The molecule has 2 nitrogen and oxygen atoms in total. The smallest absolute Gasteiger partial charge is 0.0327 e. The molecular formula is C16H28N2S. The van der Waals surface area contributed by atoms with Crippen LogP contribution in [-0.2, 0) is 12.0 Å². The quantitative estimate of drug-likeness (QED) is 0.913. The summed E-state index contributed by atoms with van der Waals surface area (Å²) in [6.07, 6.45) is 4.89. The highest BCUT2D eigenvalue weighted by atomic mass is 32.1. The van der Waals surface area contributed by atoms with Crippen LogP contribution in [0.2, 0.25) is 0 Å². The van der Waals surface area contributed by atoms with Crippen LogP contribution < -0.4 is 5.73 Å². The molecule has 1 heterocycles. The van der Waals surface area contributed by atoms with Gasteiger partial charge in [0.1, 0.15) is 0 Å². The zero-order valence-corrected chi connectivity index (χ0v) is 13.6. The number of hydrogen-bond donors (Lipinski definition) is 1. The van der Waals surface area contributed by atoms with Gasteiger partial charge < -0.3 is 5.73 Å². The third kappa shape index (κ3) is 4.04. The fraction of sp³-hybridized carbons (Fsp3) is 0.750. The predicted octanol–water partition coefficient (Wildman–Crippen LogP) is 3.75. The molecule has 2 rings (SSSR count). The molecule has 0 aliphatic heterocycles. The predicted molar refractivity (Wildman–Crippen MR) is 84.7 cm³/mol. The second kappa shape index (κ2) is 5.94. The van der Waals surface area contributed by atoms with E-state index in [0.717, 1.165) is 12.6 Å². The Morgan fingerprint density at radius 3 is 2.37 bits per heavy atom. The molecule has 19 heavy (non-hydrogen) atoms. The summed E-state index contributed by atoms with van der Waals surface area (Å²) in [5.41, 5.74) is 6.26. The van der Waals surface area contributed by atoms with Crippen molar-refractivity contribution in [2.75, 3.05) is 7.05 Å². The van der Waals surface area contributed by atoms with Crippen LogP contribution in [0, 0.1) is 0 Å². The lowest BCUT2D eigenvalue weighted by Gasteiger charge is -2.33. The Labute approximate surface area is 122 Å². The third-order valence-electron chi connectivity index (χ3n) is 4.17. The van der Waals surface area contributed by atoms with E-state index in [1.165, 1.54) is 35.4 Å². The van der Waals surface area contributed by atoms with Crippen LogP contribution >= 0.6 is 11.3 Å². The summed E-state index contributed by atoms with van der Waals surface area (Å²) in [6, 6.07) is 5.76. The molecule has 0 radical (unpaired) electrons. The summed E-state index contributed by atoms with van der Waals surface area (Å²) in [4.78, 5) is 5.49. The van der Waals surface area contributed by atoms with Crippen LogP contribution in [0.1, 0.15) is 56.2 Å². The van der Waals surface area contributed by atoms with Crippen LogP contribution in [0.3, 0.4) is 0 Å². The first-order chi connectivity index (χ1) is 8.86. The van der Waals surface area contributed by atoms with Gasteiger partial charge in [0, 0.05) is 28.4 Å². The van der Waals surface area contributed by atoms with E-state index in [1.807, 2.05) is 11.3 Å². The molecule has 2 N–H and O–H groups in total. The van der Waals surface area contributed by atoms with Gasteiger partial charge in [-0.1, -0.05) is 20.8 Å². The van der Waals surface area contributed by atoms with Crippen molar-refractivity contribution < 1.29 is 0 Å². The second-order valence-electron chi connectivity index (χ2n) is 7.00. The molecule has 108 valence electrons. The van der Waals surface area contributed by atoms with Crippen molar-refractivity contribution in [1.29, 1.82) is 0 Å². The number of nitrogens with zero attached hydrogens (tertiary/aromatic N) is 1. The second-order valence-corrected chi connectivity index (χ2v) is 8.17. The van der Waals surface area contributed by atoms with E-state index in [1.54, 1.807) is 0 Å². The maximum atomic E-state index is 5.98. The average molecular weight is 280 g/mol. The maximum absolute atomic E-state index is 5.98. The van der Waals surface area contributed by atoms with Gasteiger partial charge in [-0.05, 0) is 50.3 Å². The van der Waals surface area contributed by atoms with Crippen LogP contribution in [-0.4, -0.2) is 24.0 Å². The SMILES string of the molecule is CN(Cc1ccc(C(C)(C)C)s1)C1CCC(N)CC1. The highest BCUT2D eigenvalue weighted by Gasteiger charge is 2.23. The lowest BCUT2D eigenvalue weighted by Crippen LogP contribution is -2.38. The van der Waals surface area contributed by atoms with Gasteiger partial charge in [-0.3, -0.25) is 4.90 Å². The average Bonchev–Trinajstić information content (AvgIpc) is 2.78. The van der Waals surface area contributed by atoms with E-state index in [0.29, 0.717) is 6.04 Å². The molecule has 1 fully saturated rings. The van der Waals surface area contributed by atoms with Crippen LogP contribution in [0.25, 0.3) is 0 Å². The molecule has 0 amide bonds. The van der Waals surface area contributed by atoms with Gasteiger partial charge in [-0.25, -0.2) is 0 Å². The van der Waals surface area contributed by atoms with Crippen molar-refractivity contribution >= 4 is 11.3 Å². The number of hydrogen-bond acceptors (Lipinski definition) is 3. The van der Waals surface area contributed by atoms with E-state index in [2.05, 4.69) is 44.9 Å². The molecule has 0 aromatic carbocycles. The van der Waals surface area contributed by atoms with Crippen molar-refractivity contribution in [2.45, 2.75) is 70.5 Å². The fourth-order valence-corrected chi connectivity index (χ4v) is 3.91. The molecule has 1 saturated carbocycles. The first-order valence-electron chi connectivity index (χ1n) is 7.41. The molecule has 1 aliphatic carbocycles. The van der Waals surface area contributed by atoms with Crippen molar-refractivity contribution in [2.24, 2.45) is 5.73 Å². The minimum absolute atomic E-state index is 0.277. The summed E-state index contributed by atoms with van der Waals surface area (Å²) in [5, 5.41) is 0. The maximum Gasteiger partial charge on any atom is 0.0327 e. The summed E-state index contributed by atoms with van der Waals surface area (Å²) in [7, 11) is 2.26. The molecular weight excluding hydrogens is 252 g/mol. The van der Waals surface area contributed by atoms with E-state index in [4.69, 9.17) is 5.73 Å². The third-order valence-corrected chi connectivity index (χ3v) is 5.67. The van der Waals surface area contributed by atoms with E-state index >= 15 is 0 Å². The molecule has 0 unspecified atom stereocenters. The number of nitrogens with two attached hydrogens (primary N) is 1. The first kappa shape index (κ1) is 15.0. The normalized spacial score (nSPS) is 24.9. The number of rotatable bonds is 3. The molecule has 0 saturated heterocycles. The Kier molecular flexibility index (Phi) is 4.70. The molecule has 3 heteroatoms. The van der Waals surface area contributed by atoms with Crippen LogP contribution in [0.15, 0.2) is 12.1 Å². The monoisotopic (exact) mass is 280 g/mol. The van der Waals surface area contributed by atoms with E-state index in [-0.39, 0.29) is 5.41 Å². The first-order valence-corrected chi connectivity index (χ1v) is 8.23. The summed E-state index contributed by atoms with van der Waals surface area (Å²) >= 11 is 1.97. The summed E-state index contributed by atoms with van der Waals surface area (Å²) in [5.74, 6) is 0. The molecule has 0 atom stereocenters. The van der Waals surface area contributed by atoms with Gasteiger partial charge >= 0.3 is 0 Å². The highest BCUT2D eigenvalue weighted by Crippen LogP contribution is 2.31. The zero-order chi connectivity index (χ0) is 14.0. The number of thiophene rings is 1. The van der Waals surface area contributed by atoms with Gasteiger partial charge in [-0.15, -0.1) is 11.3 Å². The zero-order valence-electron chi connectivity index (χ0n) is 12.8. The topological polar surface area (TPSA) is 29.3 Å². The Hall–Kier alpha value is -0.380. The Morgan fingerprint density at radius 2 is 1.84 bits per heavy atom. The fourth-order valence-electron chi connectivity index (χ4n) is 2.78. The van der Waals surface area contributed by atoms with Gasteiger partial charge in [0.25, 0.3) is 0 Å². The van der Waals surface area contributed by atoms with Crippen molar-refractivity contribution in [3.63, 3.8) is 0 Å². The van der Waals surface area contributed by atoms with Gasteiger partial charge in [0.2, 0.25) is 0 Å². The van der Waals surface area contributed by atoms with Gasteiger partial charge in [0.05, 0.1) is 0 Å². The highest BCUT2D eigenvalue weighted by molar-refractivity contribution is 7.12. The standard InChI is InChI=1S/C16H28N2S/c1-16(2,3)15-10-9-14(19-15)11-18(4)13-7-5-12(17)6-8-13/h9-10,12-13H,5-8,11,17H2,1-4H3. The Balaban J connectivity index is 1.92. The Morgan fingerprint density at radius 1 is 1.21 bits per heavy atom.